The van der Waals surface area contributed by atoms with Crippen LogP contribution >= 0.6 is 0 Å². The number of hydroxylamine groups is 2. The van der Waals surface area contributed by atoms with E-state index in [9.17, 15) is 19.2 Å². The van der Waals surface area contributed by atoms with Crippen LogP contribution in [0.15, 0.2) is 24.3 Å². The molecule has 0 radical (unpaired) electrons. The first-order chi connectivity index (χ1) is 13.7. The van der Waals surface area contributed by atoms with Gasteiger partial charge in [0.25, 0.3) is 11.8 Å². The fourth-order valence-corrected chi connectivity index (χ4v) is 3.54. The summed E-state index contributed by atoms with van der Waals surface area (Å²) in [5, 5.41) is 0.513. The molecule has 1 saturated heterocycles. The lowest BCUT2D eigenvalue weighted by atomic mass is 9.98. The third kappa shape index (κ3) is 4.75. The monoisotopic (exact) mass is 402 g/mol. The summed E-state index contributed by atoms with van der Waals surface area (Å²) in [5.41, 5.74) is -0.161. The van der Waals surface area contributed by atoms with Crippen LogP contribution in [-0.4, -0.2) is 52.0 Å². The Hall–Kier alpha value is -2.90. The van der Waals surface area contributed by atoms with E-state index in [2.05, 4.69) is 0 Å². The molecule has 0 unspecified atom stereocenters. The van der Waals surface area contributed by atoms with E-state index >= 15 is 0 Å². The van der Waals surface area contributed by atoms with Gasteiger partial charge in [-0.1, -0.05) is 17.2 Å². The topological polar surface area (TPSA) is 93.2 Å². The van der Waals surface area contributed by atoms with Crippen molar-refractivity contribution in [2.45, 2.75) is 64.5 Å². The molecule has 1 fully saturated rings. The van der Waals surface area contributed by atoms with Gasteiger partial charge in [-0.3, -0.25) is 9.59 Å². The van der Waals surface area contributed by atoms with Gasteiger partial charge in [-0.05, 0) is 58.6 Å². The molecule has 8 nitrogen and oxygen atoms in total. The number of fused-ring (bicyclic) bond motifs is 1. The van der Waals surface area contributed by atoms with E-state index in [1.165, 1.54) is 12.1 Å². The van der Waals surface area contributed by atoms with E-state index in [1.54, 1.807) is 17.0 Å². The molecule has 156 valence electrons. The molecule has 0 aliphatic carbocycles. The molecule has 2 heterocycles. The number of carbonyl (C=O) groups excluding carboxylic acids is 4. The summed E-state index contributed by atoms with van der Waals surface area (Å²) < 4.78 is 5.46. The molecule has 1 aromatic rings. The number of piperidine rings is 1. The smallest absolute Gasteiger partial charge is 0.410 e. The summed E-state index contributed by atoms with van der Waals surface area (Å²) in [6.45, 7) is 6.00. The van der Waals surface area contributed by atoms with Gasteiger partial charge in [-0.2, -0.15) is 0 Å². The number of benzene rings is 1. The first-order valence-corrected chi connectivity index (χ1v) is 9.85. The lowest BCUT2D eigenvalue weighted by Crippen LogP contribution is -2.46. The quantitative estimate of drug-likeness (QED) is 0.718. The normalized spacial score (nSPS) is 19.2. The highest BCUT2D eigenvalue weighted by Gasteiger charge is 2.39. The fourth-order valence-electron chi connectivity index (χ4n) is 3.54. The summed E-state index contributed by atoms with van der Waals surface area (Å²) in [5.74, 6) is -1.98. The Morgan fingerprint density at radius 1 is 1.07 bits per heavy atom. The van der Waals surface area contributed by atoms with E-state index < -0.39 is 29.5 Å². The van der Waals surface area contributed by atoms with Crippen LogP contribution in [0, 0.1) is 0 Å². The molecule has 29 heavy (non-hydrogen) atoms. The van der Waals surface area contributed by atoms with Gasteiger partial charge in [0.15, 0.2) is 0 Å². The predicted molar refractivity (Wildman–Crippen MR) is 103 cm³/mol. The van der Waals surface area contributed by atoms with Gasteiger partial charge in [0.2, 0.25) is 0 Å². The molecule has 1 aromatic carbocycles. The summed E-state index contributed by atoms with van der Waals surface area (Å²) in [6.07, 6.45) is 2.57. The maximum absolute atomic E-state index is 12.4. The Bertz CT molecular complexity index is 794. The van der Waals surface area contributed by atoms with Crippen molar-refractivity contribution < 1.29 is 28.8 Å². The first-order valence-electron chi connectivity index (χ1n) is 9.85. The minimum Gasteiger partial charge on any atom is -0.444 e. The molecule has 0 bridgehead atoms. The molecule has 2 aliphatic rings. The van der Waals surface area contributed by atoms with Crippen molar-refractivity contribution in [3.63, 3.8) is 0 Å². The summed E-state index contributed by atoms with van der Waals surface area (Å²) >= 11 is 0. The van der Waals surface area contributed by atoms with E-state index in [4.69, 9.17) is 9.57 Å². The van der Waals surface area contributed by atoms with E-state index in [0.717, 1.165) is 19.3 Å². The lowest BCUT2D eigenvalue weighted by molar-refractivity contribution is -0.169. The second kappa shape index (κ2) is 8.23. The molecule has 0 spiro atoms. The Labute approximate surface area is 169 Å². The highest BCUT2D eigenvalue weighted by atomic mass is 16.7. The Morgan fingerprint density at radius 3 is 2.28 bits per heavy atom. The SMILES string of the molecule is CC(C)(C)OC(=O)N1CCCC[C@H]1CCC(=O)ON1C(=O)c2ccccc2C1=O. The highest BCUT2D eigenvalue weighted by molar-refractivity contribution is 6.20. The zero-order valence-corrected chi connectivity index (χ0v) is 17.0. The molecule has 3 rings (SSSR count). The van der Waals surface area contributed by atoms with Crippen LogP contribution in [0.2, 0.25) is 0 Å². The van der Waals surface area contributed by atoms with Gasteiger partial charge in [-0.25, -0.2) is 9.59 Å². The van der Waals surface area contributed by atoms with Gasteiger partial charge in [0, 0.05) is 19.0 Å². The van der Waals surface area contributed by atoms with Gasteiger partial charge in [-0.15, -0.1) is 0 Å². The Balaban J connectivity index is 1.56. The van der Waals surface area contributed by atoms with Crippen molar-refractivity contribution in [3.8, 4) is 0 Å². The number of hydrogen-bond donors (Lipinski definition) is 0. The average Bonchev–Trinajstić information content (AvgIpc) is 2.90. The van der Waals surface area contributed by atoms with Crippen LogP contribution in [0.1, 0.15) is 73.6 Å². The van der Waals surface area contributed by atoms with Crippen LogP contribution in [0.25, 0.3) is 0 Å². The van der Waals surface area contributed by atoms with E-state index in [1.807, 2.05) is 20.8 Å². The number of nitrogens with zero attached hydrogens (tertiary/aromatic N) is 2. The molecule has 0 aromatic heterocycles. The third-order valence-corrected chi connectivity index (χ3v) is 4.89. The number of likely N-dealkylation sites (tertiary alicyclic amines) is 1. The number of imide groups is 1. The van der Waals surface area contributed by atoms with Gasteiger partial charge in [0.05, 0.1) is 11.1 Å². The summed E-state index contributed by atoms with van der Waals surface area (Å²) in [6, 6.07) is 6.18. The number of amides is 3. The lowest BCUT2D eigenvalue weighted by Gasteiger charge is -2.36. The maximum Gasteiger partial charge on any atom is 0.410 e. The number of ether oxygens (including phenoxy) is 1. The molecule has 0 N–H and O–H groups in total. The molecule has 0 saturated carbocycles. The van der Waals surface area contributed by atoms with Crippen molar-refractivity contribution >= 4 is 23.9 Å². The second-order valence-corrected chi connectivity index (χ2v) is 8.28. The van der Waals surface area contributed by atoms with Crippen LogP contribution < -0.4 is 0 Å². The Kier molecular flexibility index (Phi) is 5.91. The van der Waals surface area contributed by atoms with Crippen LogP contribution in [0.5, 0.6) is 0 Å². The highest BCUT2D eigenvalue weighted by Crippen LogP contribution is 2.25. The van der Waals surface area contributed by atoms with Crippen molar-refractivity contribution in [3.05, 3.63) is 35.4 Å². The zero-order chi connectivity index (χ0) is 21.2. The maximum atomic E-state index is 12.4. The second-order valence-electron chi connectivity index (χ2n) is 8.28. The van der Waals surface area contributed by atoms with Crippen molar-refractivity contribution in [2.24, 2.45) is 0 Å². The van der Waals surface area contributed by atoms with Gasteiger partial charge < -0.3 is 14.5 Å². The molecule has 3 amide bonds. The Morgan fingerprint density at radius 2 is 1.69 bits per heavy atom. The summed E-state index contributed by atoms with van der Waals surface area (Å²) in [4.78, 5) is 56.0. The molecule has 1 atom stereocenters. The van der Waals surface area contributed by atoms with E-state index in [0.29, 0.717) is 18.0 Å². The zero-order valence-electron chi connectivity index (χ0n) is 17.0. The van der Waals surface area contributed by atoms with Crippen LogP contribution in [0.3, 0.4) is 0 Å². The third-order valence-electron chi connectivity index (χ3n) is 4.89. The minimum atomic E-state index is -0.686. The van der Waals surface area contributed by atoms with E-state index in [-0.39, 0.29) is 23.6 Å². The van der Waals surface area contributed by atoms with Crippen LogP contribution in [-0.2, 0) is 14.4 Å². The number of rotatable bonds is 4. The molecular formula is C21H26N2O6. The number of hydrogen-bond acceptors (Lipinski definition) is 6. The fraction of sp³-hybridized carbons (Fsp3) is 0.524. The molecule has 8 heteroatoms. The van der Waals surface area contributed by atoms with Crippen molar-refractivity contribution in [1.29, 1.82) is 0 Å². The standard InChI is InChI=1S/C21H26N2O6/c1-21(2,3)28-20(27)22-13-7-6-8-14(22)11-12-17(24)29-23-18(25)15-9-4-5-10-16(15)19(23)26/h4-5,9-10,14H,6-8,11-13H2,1-3H3/t14-/m0/s1. The van der Waals surface area contributed by atoms with Crippen molar-refractivity contribution in [2.75, 3.05) is 6.54 Å². The van der Waals surface area contributed by atoms with Gasteiger partial charge in [0.1, 0.15) is 5.60 Å². The average molecular weight is 402 g/mol. The van der Waals surface area contributed by atoms with Crippen molar-refractivity contribution in [1.82, 2.24) is 9.96 Å². The largest absolute Gasteiger partial charge is 0.444 e. The first kappa shape index (κ1) is 20.8. The number of carbonyl (C=O) groups is 4. The molecule has 2 aliphatic heterocycles. The predicted octanol–water partition coefficient (Wildman–Crippen LogP) is 3.31. The van der Waals surface area contributed by atoms with Crippen LogP contribution in [0.4, 0.5) is 4.79 Å². The van der Waals surface area contributed by atoms with Gasteiger partial charge >= 0.3 is 12.1 Å². The summed E-state index contributed by atoms with van der Waals surface area (Å²) in [7, 11) is 0. The minimum absolute atomic E-state index is 0.0165. The molecular weight excluding hydrogens is 376 g/mol.